The highest BCUT2D eigenvalue weighted by Gasteiger charge is 2.40. The van der Waals surface area contributed by atoms with Crippen LogP contribution in [0.2, 0.25) is 0 Å². The van der Waals surface area contributed by atoms with Crippen molar-refractivity contribution in [1.29, 1.82) is 0 Å². The molecular weight excluding hydrogens is 406 g/mol. The van der Waals surface area contributed by atoms with Gasteiger partial charge in [0, 0.05) is 54.1 Å². The molecule has 0 aliphatic carbocycles. The number of rotatable bonds is 4. The minimum Gasteiger partial charge on any atom is -0.482 e. The van der Waals surface area contributed by atoms with Crippen molar-refractivity contribution in [2.75, 3.05) is 44.7 Å². The molecule has 0 spiro atoms. The standard InChI is InChI=1S/C25H27N3O4/c1-25(2)19-15-16(23(29)26-9-10-28-11-13-31-14-12-28)7-8-17(19)22(32-25)21-18-5-3-4-6-20(18)27-24(21)30/h3-8,15H,9-14H2,1-2H3,(H,26,29)(H,27,30)/b22-21+. The molecule has 2 aromatic rings. The van der Waals surface area contributed by atoms with Crippen molar-refractivity contribution >= 4 is 28.8 Å². The lowest BCUT2D eigenvalue weighted by molar-refractivity contribution is -0.110. The second-order valence-electron chi connectivity index (χ2n) is 8.79. The number of benzene rings is 2. The van der Waals surface area contributed by atoms with E-state index in [1.807, 2.05) is 50.2 Å². The highest BCUT2D eigenvalue weighted by Crippen LogP contribution is 2.48. The molecule has 166 valence electrons. The van der Waals surface area contributed by atoms with Gasteiger partial charge in [-0.15, -0.1) is 0 Å². The number of nitrogens with zero attached hydrogens (tertiary/aromatic N) is 1. The molecule has 3 aliphatic heterocycles. The maximum atomic E-state index is 12.8. The van der Waals surface area contributed by atoms with Crippen LogP contribution in [0.4, 0.5) is 5.69 Å². The first-order chi connectivity index (χ1) is 15.4. The molecular formula is C25H27N3O4. The molecule has 0 saturated carbocycles. The van der Waals surface area contributed by atoms with E-state index in [1.165, 1.54) is 0 Å². The monoisotopic (exact) mass is 433 g/mol. The summed E-state index contributed by atoms with van der Waals surface area (Å²) in [6.45, 7) is 8.59. The zero-order valence-electron chi connectivity index (χ0n) is 18.4. The van der Waals surface area contributed by atoms with Gasteiger partial charge >= 0.3 is 0 Å². The van der Waals surface area contributed by atoms with Gasteiger partial charge in [0.2, 0.25) is 0 Å². The van der Waals surface area contributed by atoms with E-state index in [0.29, 0.717) is 23.4 Å². The number of anilines is 1. The Morgan fingerprint density at radius 2 is 1.91 bits per heavy atom. The summed E-state index contributed by atoms with van der Waals surface area (Å²) in [4.78, 5) is 27.8. The van der Waals surface area contributed by atoms with Crippen molar-refractivity contribution in [3.05, 3.63) is 64.7 Å². The predicted molar refractivity (Wildman–Crippen MR) is 122 cm³/mol. The van der Waals surface area contributed by atoms with E-state index in [9.17, 15) is 9.59 Å². The third-order valence-corrected chi connectivity index (χ3v) is 6.25. The molecule has 0 atom stereocenters. The average Bonchev–Trinajstić information content (AvgIpc) is 3.26. The van der Waals surface area contributed by atoms with Gasteiger partial charge in [0.1, 0.15) is 11.4 Å². The lowest BCUT2D eigenvalue weighted by Gasteiger charge is -2.26. The van der Waals surface area contributed by atoms with E-state index >= 15 is 0 Å². The van der Waals surface area contributed by atoms with Gasteiger partial charge in [-0.1, -0.05) is 24.3 Å². The topological polar surface area (TPSA) is 79.9 Å². The number of ether oxygens (including phenoxy) is 2. The van der Waals surface area contributed by atoms with Gasteiger partial charge in [0.15, 0.2) is 0 Å². The van der Waals surface area contributed by atoms with Crippen molar-refractivity contribution in [3.8, 4) is 0 Å². The molecule has 0 radical (unpaired) electrons. The van der Waals surface area contributed by atoms with Gasteiger partial charge in [-0.3, -0.25) is 14.5 Å². The maximum absolute atomic E-state index is 12.8. The van der Waals surface area contributed by atoms with Crippen molar-refractivity contribution in [1.82, 2.24) is 10.2 Å². The highest BCUT2D eigenvalue weighted by molar-refractivity contribution is 6.36. The normalized spacial score (nSPS) is 21.5. The summed E-state index contributed by atoms with van der Waals surface area (Å²) in [5.74, 6) is 0.281. The Bertz CT molecular complexity index is 1120. The van der Waals surface area contributed by atoms with Gasteiger partial charge in [-0.05, 0) is 32.0 Å². The van der Waals surface area contributed by atoms with E-state index in [1.54, 1.807) is 6.07 Å². The van der Waals surface area contributed by atoms with Crippen LogP contribution in [-0.4, -0.2) is 56.1 Å². The molecule has 3 aliphatic rings. The van der Waals surface area contributed by atoms with Gasteiger partial charge < -0.3 is 20.1 Å². The van der Waals surface area contributed by atoms with Crippen molar-refractivity contribution in [3.63, 3.8) is 0 Å². The largest absolute Gasteiger partial charge is 0.482 e. The highest BCUT2D eigenvalue weighted by atomic mass is 16.5. The lowest BCUT2D eigenvalue weighted by atomic mass is 9.92. The zero-order chi connectivity index (χ0) is 22.3. The Balaban J connectivity index is 1.40. The number of para-hydroxylation sites is 1. The van der Waals surface area contributed by atoms with Crippen molar-refractivity contribution in [2.45, 2.75) is 19.4 Å². The first-order valence-electron chi connectivity index (χ1n) is 11.0. The third-order valence-electron chi connectivity index (χ3n) is 6.25. The van der Waals surface area contributed by atoms with Gasteiger partial charge in [-0.2, -0.15) is 0 Å². The van der Waals surface area contributed by atoms with Gasteiger partial charge in [0.05, 0.1) is 18.8 Å². The molecule has 7 heteroatoms. The van der Waals surface area contributed by atoms with Crippen LogP contribution in [0.15, 0.2) is 42.5 Å². The zero-order valence-corrected chi connectivity index (χ0v) is 18.4. The Kier molecular flexibility index (Phi) is 5.23. The molecule has 0 aromatic heterocycles. The third kappa shape index (κ3) is 3.67. The van der Waals surface area contributed by atoms with E-state index in [2.05, 4.69) is 15.5 Å². The summed E-state index contributed by atoms with van der Waals surface area (Å²) in [7, 11) is 0. The lowest BCUT2D eigenvalue weighted by Crippen LogP contribution is -2.41. The number of nitrogens with one attached hydrogen (secondary N) is 2. The van der Waals surface area contributed by atoms with E-state index in [0.717, 1.165) is 55.2 Å². The van der Waals surface area contributed by atoms with Crippen molar-refractivity contribution in [2.24, 2.45) is 0 Å². The number of carbonyl (C=O) groups excluding carboxylic acids is 2. The number of amides is 2. The van der Waals surface area contributed by atoms with Crippen LogP contribution >= 0.6 is 0 Å². The summed E-state index contributed by atoms with van der Waals surface area (Å²) in [6, 6.07) is 13.2. The summed E-state index contributed by atoms with van der Waals surface area (Å²) in [6.07, 6.45) is 0. The Hall–Kier alpha value is -3.16. The Morgan fingerprint density at radius 1 is 1.12 bits per heavy atom. The van der Waals surface area contributed by atoms with E-state index in [-0.39, 0.29) is 11.8 Å². The second kappa shape index (κ2) is 8.07. The molecule has 1 saturated heterocycles. The fourth-order valence-electron chi connectivity index (χ4n) is 4.53. The molecule has 7 nitrogen and oxygen atoms in total. The number of morpholine rings is 1. The molecule has 32 heavy (non-hydrogen) atoms. The van der Waals surface area contributed by atoms with Crippen LogP contribution in [0.5, 0.6) is 0 Å². The molecule has 2 N–H and O–H groups in total. The molecule has 5 rings (SSSR count). The minimum absolute atomic E-state index is 0.109. The van der Waals surface area contributed by atoms with Crippen LogP contribution in [-0.2, 0) is 19.9 Å². The summed E-state index contributed by atoms with van der Waals surface area (Å²) >= 11 is 0. The number of carbonyl (C=O) groups is 2. The smallest absolute Gasteiger partial charge is 0.260 e. The van der Waals surface area contributed by atoms with Crippen LogP contribution < -0.4 is 10.6 Å². The molecule has 2 amide bonds. The quantitative estimate of drug-likeness (QED) is 0.725. The fourth-order valence-corrected chi connectivity index (χ4v) is 4.53. The SMILES string of the molecule is CC1(C)O/C(=C2/C(=O)Nc3ccccc32)c2ccc(C(=O)NCCN3CCOCC3)cc21. The number of hydrogen-bond acceptors (Lipinski definition) is 5. The molecule has 1 fully saturated rings. The van der Waals surface area contributed by atoms with Crippen LogP contribution in [0, 0.1) is 0 Å². The fraction of sp³-hybridized carbons (Fsp3) is 0.360. The Morgan fingerprint density at radius 3 is 2.72 bits per heavy atom. The van der Waals surface area contributed by atoms with Gasteiger partial charge in [0.25, 0.3) is 11.8 Å². The maximum Gasteiger partial charge on any atom is 0.260 e. The molecule has 3 heterocycles. The Labute approximate surface area is 187 Å². The van der Waals surface area contributed by atoms with Crippen LogP contribution in [0.1, 0.15) is 40.9 Å². The molecule has 0 unspecified atom stereocenters. The predicted octanol–water partition coefficient (Wildman–Crippen LogP) is 2.83. The molecule has 0 bridgehead atoms. The summed E-state index contributed by atoms with van der Waals surface area (Å²) in [5.41, 5.74) is 3.84. The average molecular weight is 434 g/mol. The molecule has 2 aromatic carbocycles. The van der Waals surface area contributed by atoms with E-state index in [4.69, 9.17) is 9.47 Å². The first-order valence-corrected chi connectivity index (χ1v) is 11.0. The van der Waals surface area contributed by atoms with Gasteiger partial charge in [-0.25, -0.2) is 0 Å². The van der Waals surface area contributed by atoms with Crippen molar-refractivity contribution < 1.29 is 19.1 Å². The summed E-state index contributed by atoms with van der Waals surface area (Å²) < 4.78 is 11.7. The number of fused-ring (bicyclic) bond motifs is 2. The minimum atomic E-state index is -0.653. The second-order valence-corrected chi connectivity index (χ2v) is 8.79. The first kappa shape index (κ1) is 20.7. The van der Waals surface area contributed by atoms with E-state index < -0.39 is 5.60 Å². The van der Waals surface area contributed by atoms with Crippen LogP contribution in [0.3, 0.4) is 0 Å². The van der Waals surface area contributed by atoms with Crippen LogP contribution in [0.25, 0.3) is 11.3 Å². The number of hydrogen-bond donors (Lipinski definition) is 2. The summed E-state index contributed by atoms with van der Waals surface area (Å²) in [5, 5.41) is 5.92.